The van der Waals surface area contributed by atoms with Gasteiger partial charge in [0, 0.05) is 4.88 Å². The minimum Gasteiger partial charge on any atom is -0.398 e. The van der Waals surface area contributed by atoms with Crippen LogP contribution in [0.4, 0.5) is 10.8 Å². The molecule has 21 heavy (non-hydrogen) atoms. The van der Waals surface area contributed by atoms with Crippen LogP contribution in [0.2, 0.25) is 5.02 Å². The van der Waals surface area contributed by atoms with Crippen molar-refractivity contribution in [3.8, 4) is 0 Å². The number of benzene rings is 1. The molecule has 0 aliphatic heterocycles. The van der Waals surface area contributed by atoms with E-state index in [0.717, 1.165) is 36.3 Å². The van der Waals surface area contributed by atoms with Crippen molar-refractivity contribution in [1.29, 1.82) is 0 Å². The Bertz CT molecular complexity index is 743. The van der Waals surface area contributed by atoms with Gasteiger partial charge in [-0.15, -0.1) is 11.3 Å². The highest BCUT2D eigenvalue weighted by atomic mass is 35.5. The summed E-state index contributed by atoms with van der Waals surface area (Å²) < 4.78 is 27.4. The topological polar surface area (TPSA) is 85.1 Å². The van der Waals surface area contributed by atoms with Gasteiger partial charge in [0.1, 0.15) is 4.90 Å². The van der Waals surface area contributed by atoms with Crippen LogP contribution in [-0.2, 0) is 22.9 Å². The average Bonchev–Trinajstić information content (AvgIpc) is 2.79. The van der Waals surface area contributed by atoms with Crippen molar-refractivity contribution in [3.05, 3.63) is 33.8 Å². The zero-order valence-electron chi connectivity index (χ0n) is 11.1. The number of hydrogen-bond acceptors (Lipinski definition) is 5. The summed E-state index contributed by atoms with van der Waals surface area (Å²) >= 11 is 7.35. The molecule has 2 aromatic rings. The number of rotatable bonds is 3. The van der Waals surface area contributed by atoms with Gasteiger partial charge in [-0.25, -0.2) is 13.4 Å². The van der Waals surface area contributed by atoms with Crippen molar-refractivity contribution >= 4 is 43.8 Å². The number of nitrogens with zero attached hydrogens (tertiary/aromatic N) is 1. The molecule has 0 amide bonds. The van der Waals surface area contributed by atoms with Gasteiger partial charge in [0.15, 0.2) is 5.13 Å². The third kappa shape index (κ3) is 2.86. The van der Waals surface area contributed by atoms with Crippen LogP contribution in [0.25, 0.3) is 0 Å². The standard InChI is InChI=1S/C13H14ClN3O2S2/c14-8-4-3-5-9(15)12(8)21(18,19)17-13-16-10-6-1-2-7-11(10)20-13/h3-5H,1-2,6-7,15H2,(H,16,17). The smallest absolute Gasteiger partial charge is 0.267 e. The Labute approximate surface area is 132 Å². The van der Waals surface area contributed by atoms with Crippen molar-refractivity contribution in [2.45, 2.75) is 30.6 Å². The third-order valence-electron chi connectivity index (χ3n) is 3.33. The molecule has 1 aromatic heterocycles. The lowest BCUT2D eigenvalue weighted by atomic mass is 10.0. The summed E-state index contributed by atoms with van der Waals surface area (Å²) in [6, 6.07) is 4.62. The van der Waals surface area contributed by atoms with Gasteiger partial charge >= 0.3 is 0 Å². The predicted octanol–water partition coefficient (Wildman–Crippen LogP) is 3.06. The number of hydrogen-bond donors (Lipinski definition) is 2. The molecular formula is C13H14ClN3O2S2. The number of aryl methyl sites for hydroxylation is 2. The van der Waals surface area contributed by atoms with E-state index in [4.69, 9.17) is 17.3 Å². The summed E-state index contributed by atoms with van der Waals surface area (Å²) in [5, 5.41) is 0.477. The molecule has 1 aromatic carbocycles. The van der Waals surface area contributed by atoms with Crippen molar-refractivity contribution in [2.24, 2.45) is 0 Å². The SMILES string of the molecule is Nc1cccc(Cl)c1S(=O)(=O)Nc1nc2c(s1)CCCC2. The monoisotopic (exact) mass is 343 g/mol. The van der Waals surface area contributed by atoms with Gasteiger partial charge in [0.2, 0.25) is 0 Å². The summed E-state index contributed by atoms with van der Waals surface area (Å²) in [6.45, 7) is 0. The number of aromatic nitrogens is 1. The van der Waals surface area contributed by atoms with Crippen LogP contribution in [0.3, 0.4) is 0 Å². The molecular weight excluding hydrogens is 330 g/mol. The lowest BCUT2D eigenvalue weighted by Crippen LogP contribution is -2.15. The van der Waals surface area contributed by atoms with E-state index in [1.807, 2.05) is 0 Å². The second kappa shape index (κ2) is 5.47. The van der Waals surface area contributed by atoms with Gasteiger partial charge in [0.25, 0.3) is 10.0 Å². The molecule has 1 heterocycles. The Balaban J connectivity index is 1.95. The highest BCUT2D eigenvalue weighted by molar-refractivity contribution is 7.93. The van der Waals surface area contributed by atoms with Gasteiger partial charge in [-0.2, -0.15) is 0 Å². The molecule has 0 saturated heterocycles. The van der Waals surface area contributed by atoms with E-state index >= 15 is 0 Å². The fraction of sp³-hybridized carbons (Fsp3) is 0.308. The normalized spacial score (nSPS) is 14.7. The molecule has 3 N–H and O–H groups in total. The second-order valence-corrected chi connectivity index (χ2v) is 7.97. The van der Waals surface area contributed by atoms with Crippen LogP contribution in [0.5, 0.6) is 0 Å². The molecule has 0 saturated carbocycles. The highest BCUT2D eigenvalue weighted by Crippen LogP contribution is 2.33. The molecule has 0 spiro atoms. The number of sulfonamides is 1. The van der Waals surface area contributed by atoms with Crippen molar-refractivity contribution < 1.29 is 8.42 Å². The Morgan fingerprint density at radius 1 is 1.29 bits per heavy atom. The minimum atomic E-state index is -3.83. The predicted molar refractivity (Wildman–Crippen MR) is 85.4 cm³/mol. The Kier molecular flexibility index (Phi) is 3.81. The number of nitrogen functional groups attached to an aromatic ring is 1. The van der Waals surface area contributed by atoms with E-state index < -0.39 is 10.0 Å². The summed E-state index contributed by atoms with van der Waals surface area (Å²) in [5.41, 5.74) is 6.86. The van der Waals surface area contributed by atoms with Crippen LogP contribution in [0.1, 0.15) is 23.4 Å². The highest BCUT2D eigenvalue weighted by Gasteiger charge is 2.24. The molecule has 0 fully saturated rings. The van der Waals surface area contributed by atoms with Crippen LogP contribution in [-0.4, -0.2) is 13.4 Å². The first-order chi connectivity index (χ1) is 9.97. The maximum atomic E-state index is 12.4. The first kappa shape index (κ1) is 14.6. The number of nitrogens with one attached hydrogen (secondary N) is 1. The maximum Gasteiger partial charge on any atom is 0.267 e. The molecule has 1 aliphatic rings. The Morgan fingerprint density at radius 3 is 2.76 bits per heavy atom. The number of halogens is 1. The first-order valence-electron chi connectivity index (χ1n) is 6.53. The number of nitrogens with two attached hydrogens (primary N) is 1. The molecule has 0 unspecified atom stereocenters. The van der Waals surface area contributed by atoms with E-state index in [0.29, 0.717) is 5.13 Å². The molecule has 5 nitrogen and oxygen atoms in total. The molecule has 1 aliphatic carbocycles. The van der Waals surface area contributed by atoms with Gasteiger partial charge < -0.3 is 5.73 Å². The van der Waals surface area contributed by atoms with Crippen LogP contribution < -0.4 is 10.5 Å². The maximum absolute atomic E-state index is 12.4. The van der Waals surface area contributed by atoms with E-state index in [9.17, 15) is 8.42 Å². The van der Waals surface area contributed by atoms with Gasteiger partial charge in [-0.1, -0.05) is 17.7 Å². The summed E-state index contributed by atoms with van der Waals surface area (Å²) in [6.07, 6.45) is 4.09. The van der Waals surface area contributed by atoms with E-state index in [1.54, 1.807) is 6.07 Å². The summed E-state index contributed by atoms with van der Waals surface area (Å²) in [5.74, 6) is 0. The lowest BCUT2D eigenvalue weighted by molar-refractivity contribution is 0.601. The van der Waals surface area contributed by atoms with Gasteiger partial charge in [-0.05, 0) is 37.8 Å². The fourth-order valence-electron chi connectivity index (χ4n) is 2.37. The number of fused-ring (bicyclic) bond motifs is 1. The average molecular weight is 344 g/mol. The largest absolute Gasteiger partial charge is 0.398 e. The fourth-order valence-corrected chi connectivity index (χ4v) is 5.33. The van der Waals surface area contributed by atoms with E-state index in [2.05, 4.69) is 9.71 Å². The lowest BCUT2D eigenvalue weighted by Gasteiger charge is -2.09. The van der Waals surface area contributed by atoms with Crippen molar-refractivity contribution in [2.75, 3.05) is 10.5 Å². The van der Waals surface area contributed by atoms with Crippen LogP contribution in [0, 0.1) is 0 Å². The van der Waals surface area contributed by atoms with Crippen LogP contribution in [0.15, 0.2) is 23.1 Å². The second-order valence-electron chi connectivity index (χ2n) is 4.86. The number of thiazole rings is 1. The quantitative estimate of drug-likeness (QED) is 0.839. The van der Waals surface area contributed by atoms with Crippen molar-refractivity contribution in [1.82, 2.24) is 4.98 Å². The zero-order chi connectivity index (χ0) is 15.0. The van der Waals surface area contributed by atoms with Gasteiger partial charge in [0.05, 0.1) is 16.4 Å². The minimum absolute atomic E-state index is 0.0974. The first-order valence-corrected chi connectivity index (χ1v) is 9.20. The third-order valence-corrected chi connectivity index (χ3v) is 6.42. The molecule has 0 bridgehead atoms. The Hall–Kier alpha value is -1.31. The van der Waals surface area contributed by atoms with E-state index in [1.165, 1.54) is 23.5 Å². The van der Waals surface area contributed by atoms with E-state index in [-0.39, 0.29) is 15.6 Å². The zero-order valence-corrected chi connectivity index (χ0v) is 13.5. The van der Waals surface area contributed by atoms with Crippen molar-refractivity contribution in [3.63, 3.8) is 0 Å². The molecule has 112 valence electrons. The van der Waals surface area contributed by atoms with Crippen LogP contribution >= 0.6 is 22.9 Å². The summed E-state index contributed by atoms with van der Waals surface area (Å²) in [7, 11) is -3.83. The van der Waals surface area contributed by atoms with Gasteiger partial charge in [-0.3, -0.25) is 4.72 Å². The molecule has 3 rings (SSSR count). The molecule has 0 radical (unpaired) electrons. The molecule has 0 atom stereocenters. The Morgan fingerprint density at radius 2 is 2.05 bits per heavy atom. The number of anilines is 2. The summed E-state index contributed by atoms with van der Waals surface area (Å²) in [4.78, 5) is 5.43. The molecule has 8 heteroatoms.